The molecule has 1 N–H and O–H groups in total. The standard InChI is InChI=1S/C17H19N5O/c1-3-17(23)22-10-6-7-14(22)13-11-16(20-12(2)19-13)21-15-8-4-5-9-18-15/h3-5,8-9,11,14H,1,6-7,10H2,2H3,(H,18,19,20,21). The minimum atomic E-state index is -0.0528. The lowest BCUT2D eigenvalue weighted by atomic mass is 10.1. The SMILES string of the molecule is C=CC(=O)N1CCCC1c1cc(Nc2ccccn2)nc(C)n1. The van der Waals surface area contributed by atoms with E-state index in [-0.39, 0.29) is 11.9 Å². The van der Waals surface area contributed by atoms with Crippen molar-refractivity contribution >= 4 is 17.5 Å². The van der Waals surface area contributed by atoms with Gasteiger partial charge in [0, 0.05) is 18.8 Å². The summed E-state index contributed by atoms with van der Waals surface area (Å²) in [6.45, 7) is 6.17. The van der Waals surface area contributed by atoms with Gasteiger partial charge in [-0.1, -0.05) is 12.6 Å². The first-order valence-electron chi connectivity index (χ1n) is 7.64. The Morgan fingerprint density at radius 3 is 3.00 bits per heavy atom. The van der Waals surface area contributed by atoms with Gasteiger partial charge in [0.25, 0.3) is 0 Å². The number of anilines is 2. The molecule has 118 valence electrons. The number of hydrogen-bond donors (Lipinski definition) is 1. The van der Waals surface area contributed by atoms with Crippen molar-refractivity contribution in [2.24, 2.45) is 0 Å². The van der Waals surface area contributed by atoms with Crippen molar-refractivity contribution in [2.75, 3.05) is 11.9 Å². The first-order chi connectivity index (χ1) is 11.2. The molecule has 2 aromatic rings. The third-order valence-corrected chi connectivity index (χ3v) is 3.83. The van der Waals surface area contributed by atoms with Crippen LogP contribution in [0.25, 0.3) is 0 Å². The van der Waals surface area contributed by atoms with Crippen molar-refractivity contribution in [1.82, 2.24) is 19.9 Å². The second-order valence-corrected chi connectivity index (χ2v) is 5.46. The zero-order chi connectivity index (χ0) is 16.2. The Hall–Kier alpha value is -2.76. The highest BCUT2D eigenvalue weighted by Crippen LogP contribution is 2.32. The number of nitrogens with one attached hydrogen (secondary N) is 1. The number of aryl methyl sites for hydroxylation is 1. The molecular weight excluding hydrogens is 290 g/mol. The highest BCUT2D eigenvalue weighted by atomic mass is 16.2. The summed E-state index contributed by atoms with van der Waals surface area (Å²) in [7, 11) is 0. The zero-order valence-electron chi connectivity index (χ0n) is 13.1. The zero-order valence-corrected chi connectivity index (χ0v) is 13.1. The van der Waals surface area contributed by atoms with E-state index < -0.39 is 0 Å². The van der Waals surface area contributed by atoms with E-state index in [4.69, 9.17) is 0 Å². The molecule has 23 heavy (non-hydrogen) atoms. The summed E-state index contributed by atoms with van der Waals surface area (Å²) in [6.07, 6.45) is 4.95. The van der Waals surface area contributed by atoms with Crippen LogP contribution in [0.15, 0.2) is 43.1 Å². The number of carbonyl (C=O) groups is 1. The van der Waals surface area contributed by atoms with Crippen molar-refractivity contribution < 1.29 is 4.79 Å². The normalized spacial score (nSPS) is 17.1. The Bertz CT molecular complexity index is 716. The smallest absolute Gasteiger partial charge is 0.246 e. The summed E-state index contributed by atoms with van der Waals surface area (Å²) in [6, 6.07) is 7.51. The molecule has 0 radical (unpaired) electrons. The Morgan fingerprint density at radius 2 is 2.26 bits per heavy atom. The fraction of sp³-hybridized carbons (Fsp3) is 0.294. The molecule has 6 nitrogen and oxygen atoms in total. The molecule has 0 saturated carbocycles. The molecule has 1 aliphatic rings. The van der Waals surface area contributed by atoms with Gasteiger partial charge in [0.15, 0.2) is 0 Å². The number of rotatable bonds is 4. The highest BCUT2D eigenvalue weighted by molar-refractivity contribution is 5.87. The minimum absolute atomic E-state index is 0.0218. The van der Waals surface area contributed by atoms with Crippen LogP contribution >= 0.6 is 0 Å². The molecule has 1 aliphatic heterocycles. The molecule has 1 amide bonds. The third-order valence-electron chi connectivity index (χ3n) is 3.83. The maximum Gasteiger partial charge on any atom is 0.246 e. The van der Waals surface area contributed by atoms with Gasteiger partial charge >= 0.3 is 0 Å². The van der Waals surface area contributed by atoms with Gasteiger partial charge in [0.2, 0.25) is 5.91 Å². The fourth-order valence-electron chi connectivity index (χ4n) is 2.85. The van der Waals surface area contributed by atoms with Crippen LogP contribution in [0, 0.1) is 6.92 Å². The molecule has 2 aromatic heterocycles. The Kier molecular flexibility index (Phi) is 4.32. The first-order valence-corrected chi connectivity index (χ1v) is 7.64. The fourth-order valence-corrected chi connectivity index (χ4v) is 2.85. The summed E-state index contributed by atoms with van der Waals surface area (Å²) in [5, 5.41) is 3.18. The van der Waals surface area contributed by atoms with Crippen LogP contribution < -0.4 is 5.32 Å². The number of likely N-dealkylation sites (tertiary alicyclic amines) is 1. The summed E-state index contributed by atoms with van der Waals surface area (Å²) in [5.74, 6) is 2.02. The van der Waals surface area contributed by atoms with Crippen molar-refractivity contribution in [2.45, 2.75) is 25.8 Å². The van der Waals surface area contributed by atoms with Crippen LogP contribution in [0.1, 0.15) is 30.4 Å². The molecule has 0 spiro atoms. The number of aromatic nitrogens is 3. The van der Waals surface area contributed by atoms with Gasteiger partial charge in [-0.2, -0.15) is 0 Å². The van der Waals surface area contributed by atoms with Crippen LogP contribution in [-0.4, -0.2) is 32.3 Å². The van der Waals surface area contributed by atoms with Gasteiger partial charge < -0.3 is 10.2 Å². The molecule has 6 heteroatoms. The molecular formula is C17H19N5O. The van der Waals surface area contributed by atoms with Crippen molar-refractivity contribution in [3.8, 4) is 0 Å². The summed E-state index contributed by atoms with van der Waals surface area (Å²) >= 11 is 0. The second kappa shape index (κ2) is 6.56. The predicted octanol–water partition coefficient (Wildman–Crippen LogP) is 2.77. The van der Waals surface area contributed by atoms with Crippen molar-refractivity contribution in [3.05, 3.63) is 54.6 Å². The average molecular weight is 309 g/mol. The van der Waals surface area contributed by atoms with Gasteiger partial charge in [-0.15, -0.1) is 0 Å². The second-order valence-electron chi connectivity index (χ2n) is 5.46. The predicted molar refractivity (Wildman–Crippen MR) is 88.2 cm³/mol. The van der Waals surface area contributed by atoms with Gasteiger partial charge in [0.05, 0.1) is 11.7 Å². The molecule has 3 rings (SSSR count). The topological polar surface area (TPSA) is 71.0 Å². The number of carbonyl (C=O) groups excluding carboxylic acids is 1. The van der Waals surface area contributed by atoms with E-state index in [1.165, 1.54) is 6.08 Å². The van der Waals surface area contributed by atoms with Gasteiger partial charge in [-0.3, -0.25) is 4.79 Å². The van der Waals surface area contributed by atoms with Crippen molar-refractivity contribution in [1.29, 1.82) is 0 Å². The van der Waals surface area contributed by atoms with E-state index >= 15 is 0 Å². The van der Waals surface area contributed by atoms with E-state index in [1.54, 1.807) is 6.20 Å². The molecule has 1 unspecified atom stereocenters. The summed E-state index contributed by atoms with van der Waals surface area (Å²) in [4.78, 5) is 27.0. The molecule has 1 saturated heterocycles. The van der Waals surface area contributed by atoms with Crippen LogP contribution in [0.2, 0.25) is 0 Å². The van der Waals surface area contributed by atoms with E-state index in [9.17, 15) is 4.79 Å². The molecule has 0 aromatic carbocycles. The number of nitrogens with zero attached hydrogens (tertiary/aromatic N) is 4. The van der Waals surface area contributed by atoms with Gasteiger partial charge in [-0.05, 0) is 38.0 Å². The molecule has 0 aliphatic carbocycles. The Labute approximate surface area is 135 Å². The number of pyridine rings is 1. The van der Waals surface area contributed by atoms with E-state index in [0.29, 0.717) is 11.6 Å². The van der Waals surface area contributed by atoms with Crippen LogP contribution in [-0.2, 0) is 4.79 Å². The first kappa shape index (κ1) is 15.1. The summed E-state index contributed by atoms with van der Waals surface area (Å²) < 4.78 is 0. The molecule has 1 atom stereocenters. The Balaban J connectivity index is 1.88. The lowest BCUT2D eigenvalue weighted by Crippen LogP contribution is -2.29. The third kappa shape index (κ3) is 3.36. The Morgan fingerprint density at radius 1 is 1.39 bits per heavy atom. The molecule has 0 bridgehead atoms. The highest BCUT2D eigenvalue weighted by Gasteiger charge is 2.30. The molecule has 3 heterocycles. The summed E-state index contributed by atoms with van der Waals surface area (Å²) in [5.41, 5.74) is 0.851. The monoisotopic (exact) mass is 309 g/mol. The van der Waals surface area contributed by atoms with E-state index in [0.717, 1.165) is 30.9 Å². The lowest BCUT2D eigenvalue weighted by molar-refractivity contribution is -0.126. The maximum atomic E-state index is 12.0. The van der Waals surface area contributed by atoms with Gasteiger partial charge in [-0.25, -0.2) is 15.0 Å². The van der Waals surface area contributed by atoms with Crippen LogP contribution in [0.3, 0.4) is 0 Å². The number of amides is 1. The minimum Gasteiger partial charge on any atom is -0.331 e. The van der Waals surface area contributed by atoms with Gasteiger partial charge in [0.1, 0.15) is 17.5 Å². The lowest BCUT2D eigenvalue weighted by Gasteiger charge is -2.23. The quantitative estimate of drug-likeness (QED) is 0.879. The number of hydrogen-bond acceptors (Lipinski definition) is 5. The van der Waals surface area contributed by atoms with E-state index in [2.05, 4.69) is 26.8 Å². The maximum absolute atomic E-state index is 12.0. The van der Waals surface area contributed by atoms with Crippen LogP contribution in [0.5, 0.6) is 0 Å². The molecule has 1 fully saturated rings. The largest absolute Gasteiger partial charge is 0.331 e. The average Bonchev–Trinajstić information content (AvgIpc) is 3.04. The van der Waals surface area contributed by atoms with Crippen LogP contribution in [0.4, 0.5) is 11.6 Å². The van der Waals surface area contributed by atoms with E-state index in [1.807, 2.05) is 36.1 Å². The van der Waals surface area contributed by atoms with Crippen molar-refractivity contribution in [3.63, 3.8) is 0 Å².